The zero-order valence-electron chi connectivity index (χ0n) is 12.3. The minimum atomic E-state index is 0.0763. The van der Waals surface area contributed by atoms with E-state index in [0.29, 0.717) is 22.7 Å². The van der Waals surface area contributed by atoms with E-state index in [9.17, 15) is 0 Å². The van der Waals surface area contributed by atoms with Crippen LogP contribution in [0.15, 0.2) is 30.6 Å². The number of hydrogen-bond acceptors (Lipinski definition) is 6. The first-order valence-corrected chi connectivity index (χ1v) is 6.67. The van der Waals surface area contributed by atoms with Crippen LogP contribution in [0.4, 0.5) is 11.6 Å². The van der Waals surface area contributed by atoms with Gasteiger partial charge < -0.3 is 15.8 Å². The summed E-state index contributed by atoms with van der Waals surface area (Å²) in [5, 5.41) is 11.3. The van der Waals surface area contributed by atoms with Crippen LogP contribution in [0.5, 0.6) is 5.75 Å². The summed E-state index contributed by atoms with van der Waals surface area (Å²) in [7, 11) is 1.73. The summed E-state index contributed by atoms with van der Waals surface area (Å²) in [6.07, 6.45) is 1.45. The van der Waals surface area contributed by atoms with Crippen LogP contribution in [0.3, 0.4) is 0 Å². The second-order valence-corrected chi connectivity index (χ2v) is 4.80. The lowest BCUT2D eigenvalue weighted by Crippen LogP contribution is -2.12. The third-order valence-corrected chi connectivity index (χ3v) is 2.86. The van der Waals surface area contributed by atoms with E-state index < -0.39 is 0 Å². The normalized spacial score (nSPS) is 10.5. The van der Waals surface area contributed by atoms with E-state index >= 15 is 0 Å². The Morgan fingerprint density at radius 2 is 2.10 bits per heavy atom. The van der Waals surface area contributed by atoms with Gasteiger partial charge in [-0.15, -0.1) is 0 Å². The molecule has 0 bridgehead atoms. The Morgan fingerprint density at radius 1 is 1.33 bits per heavy atom. The zero-order chi connectivity index (χ0) is 15.4. The highest BCUT2D eigenvalue weighted by molar-refractivity contribution is 6.16. The second-order valence-electron chi connectivity index (χ2n) is 4.80. The molecule has 2 aromatic rings. The van der Waals surface area contributed by atoms with Gasteiger partial charge in [0.05, 0.1) is 17.4 Å². The standard InChI is InChI=1S/C15H19N5O/c1-9(2)21-11-6-4-5-10(7-11)13(16)12-14(17)19-8-20-15(12)18-3/h4-9,16H,1-3H3,(H3,17,18,19,20). The maximum absolute atomic E-state index is 8.38. The third-order valence-electron chi connectivity index (χ3n) is 2.86. The molecule has 0 aliphatic carbocycles. The molecule has 1 aromatic heterocycles. The molecule has 0 saturated carbocycles. The lowest BCUT2D eigenvalue weighted by Gasteiger charge is -2.13. The van der Waals surface area contributed by atoms with E-state index in [-0.39, 0.29) is 17.6 Å². The first-order chi connectivity index (χ1) is 10.0. The van der Waals surface area contributed by atoms with Crippen molar-refractivity contribution in [2.75, 3.05) is 18.1 Å². The number of hydrogen-bond donors (Lipinski definition) is 3. The number of benzene rings is 1. The van der Waals surface area contributed by atoms with Crippen molar-refractivity contribution in [2.45, 2.75) is 20.0 Å². The number of nitrogen functional groups attached to an aromatic ring is 1. The van der Waals surface area contributed by atoms with Gasteiger partial charge in [0.1, 0.15) is 23.7 Å². The molecule has 0 aliphatic heterocycles. The Morgan fingerprint density at radius 3 is 2.76 bits per heavy atom. The maximum atomic E-state index is 8.38. The van der Waals surface area contributed by atoms with Crippen molar-refractivity contribution in [3.63, 3.8) is 0 Å². The lowest BCUT2D eigenvalue weighted by atomic mass is 10.0. The van der Waals surface area contributed by atoms with Crippen LogP contribution < -0.4 is 15.8 Å². The van der Waals surface area contributed by atoms with Gasteiger partial charge in [0.15, 0.2) is 0 Å². The van der Waals surface area contributed by atoms with E-state index in [4.69, 9.17) is 15.9 Å². The minimum Gasteiger partial charge on any atom is -0.491 e. The molecule has 0 saturated heterocycles. The predicted octanol–water partition coefficient (Wildman–Crippen LogP) is 2.30. The Bertz CT molecular complexity index is 654. The number of aromatic nitrogens is 2. The molecule has 2 rings (SSSR count). The summed E-state index contributed by atoms with van der Waals surface area (Å²) in [5.41, 5.74) is 7.33. The van der Waals surface area contributed by atoms with Crippen molar-refractivity contribution in [1.82, 2.24) is 9.97 Å². The second kappa shape index (κ2) is 6.21. The third kappa shape index (κ3) is 3.28. The molecule has 0 unspecified atom stereocenters. The molecule has 21 heavy (non-hydrogen) atoms. The summed E-state index contributed by atoms with van der Waals surface area (Å²) in [6, 6.07) is 7.36. The van der Waals surface area contributed by atoms with Gasteiger partial charge in [0, 0.05) is 12.6 Å². The number of nitrogens with zero attached hydrogens (tertiary/aromatic N) is 2. The van der Waals surface area contributed by atoms with E-state index in [0.717, 1.165) is 0 Å². The quantitative estimate of drug-likeness (QED) is 0.732. The summed E-state index contributed by atoms with van der Waals surface area (Å²) in [4.78, 5) is 8.06. The van der Waals surface area contributed by atoms with Crippen LogP contribution in [0.1, 0.15) is 25.0 Å². The molecule has 1 aromatic carbocycles. The average Bonchev–Trinajstić information content (AvgIpc) is 2.45. The molecule has 6 nitrogen and oxygen atoms in total. The van der Waals surface area contributed by atoms with Gasteiger partial charge in [-0.2, -0.15) is 0 Å². The fourth-order valence-corrected chi connectivity index (χ4v) is 1.98. The molecule has 110 valence electrons. The fourth-order valence-electron chi connectivity index (χ4n) is 1.98. The molecule has 0 atom stereocenters. The molecule has 6 heteroatoms. The number of ether oxygens (including phenoxy) is 1. The number of anilines is 2. The maximum Gasteiger partial charge on any atom is 0.140 e. The molecule has 0 fully saturated rings. The first-order valence-electron chi connectivity index (χ1n) is 6.67. The van der Waals surface area contributed by atoms with Crippen molar-refractivity contribution < 1.29 is 4.74 Å². The highest BCUT2D eigenvalue weighted by Gasteiger charge is 2.15. The van der Waals surface area contributed by atoms with Crippen molar-refractivity contribution >= 4 is 17.3 Å². The van der Waals surface area contributed by atoms with Gasteiger partial charge in [-0.1, -0.05) is 12.1 Å². The van der Waals surface area contributed by atoms with Crippen LogP contribution in [0.2, 0.25) is 0 Å². The van der Waals surface area contributed by atoms with Gasteiger partial charge in [-0.25, -0.2) is 9.97 Å². The zero-order valence-corrected chi connectivity index (χ0v) is 12.3. The van der Waals surface area contributed by atoms with E-state index in [1.165, 1.54) is 6.33 Å². The molecule has 4 N–H and O–H groups in total. The number of rotatable bonds is 5. The summed E-state index contributed by atoms with van der Waals surface area (Å²) >= 11 is 0. The van der Waals surface area contributed by atoms with Gasteiger partial charge in [0.2, 0.25) is 0 Å². The van der Waals surface area contributed by atoms with Gasteiger partial charge in [-0.05, 0) is 26.0 Å². The fraction of sp³-hybridized carbons (Fsp3) is 0.267. The molecular formula is C15H19N5O. The summed E-state index contributed by atoms with van der Waals surface area (Å²) < 4.78 is 5.65. The van der Waals surface area contributed by atoms with Crippen LogP contribution in [-0.4, -0.2) is 28.8 Å². The van der Waals surface area contributed by atoms with Crippen LogP contribution in [-0.2, 0) is 0 Å². The number of nitrogens with one attached hydrogen (secondary N) is 2. The molecule has 1 heterocycles. The Labute approximate surface area is 123 Å². The van der Waals surface area contributed by atoms with Crippen molar-refractivity contribution in [1.29, 1.82) is 5.41 Å². The summed E-state index contributed by atoms with van der Waals surface area (Å²) in [6.45, 7) is 3.92. The topological polar surface area (TPSA) is 96.9 Å². The van der Waals surface area contributed by atoms with Crippen molar-refractivity contribution in [2.24, 2.45) is 0 Å². The minimum absolute atomic E-state index is 0.0763. The van der Waals surface area contributed by atoms with Crippen LogP contribution in [0, 0.1) is 5.41 Å². The number of nitrogens with two attached hydrogens (primary N) is 1. The van der Waals surface area contributed by atoms with Gasteiger partial charge in [0.25, 0.3) is 0 Å². The van der Waals surface area contributed by atoms with E-state index in [1.807, 2.05) is 38.1 Å². The highest BCUT2D eigenvalue weighted by atomic mass is 16.5. The molecule has 0 spiro atoms. The van der Waals surface area contributed by atoms with E-state index in [1.54, 1.807) is 7.05 Å². The van der Waals surface area contributed by atoms with E-state index in [2.05, 4.69) is 15.3 Å². The highest BCUT2D eigenvalue weighted by Crippen LogP contribution is 2.23. The molecule has 0 amide bonds. The van der Waals surface area contributed by atoms with Gasteiger partial charge in [-0.3, -0.25) is 5.41 Å². The molecule has 0 aliphatic rings. The van der Waals surface area contributed by atoms with Gasteiger partial charge >= 0.3 is 0 Å². The first kappa shape index (κ1) is 14.8. The molecular weight excluding hydrogens is 266 g/mol. The van der Waals surface area contributed by atoms with Crippen LogP contribution in [0.25, 0.3) is 0 Å². The monoisotopic (exact) mass is 285 g/mol. The Hall–Kier alpha value is -2.63. The predicted molar refractivity (Wildman–Crippen MR) is 84.1 cm³/mol. The SMILES string of the molecule is CNc1ncnc(N)c1C(=N)c1cccc(OC(C)C)c1. The van der Waals surface area contributed by atoms with Crippen molar-refractivity contribution in [3.8, 4) is 5.75 Å². The lowest BCUT2D eigenvalue weighted by molar-refractivity contribution is 0.242. The largest absolute Gasteiger partial charge is 0.491 e. The summed E-state index contributed by atoms with van der Waals surface area (Å²) in [5.74, 6) is 1.52. The van der Waals surface area contributed by atoms with Crippen molar-refractivity contribution in [3.05, 3.63) is 41.7 Å². The average molecular weight is 285 g/mol. The Kier molecular flexibility index (Phi) is 4.37. The smallest absolute Gasteiger partial charge is 0.140 e. The molecule has 0 radical (unpaired) electrons. The Balaban J connectivity index is 2.41. The van der Waals surface area contributed by atoms with Crippen LogP contribution >= 0.6 is 0 Å².